The fraction of sp³-hybridized carbons (Fsp3) is 0.571. The minimum Gasteiger partial charge on any atom is -0.494 e. The van der Waals surface area contributed by atoms with Gasteiger partial charge in [-0.05, 0) is 44.9 Å². The molecule has 3 nitrogen and oxygen atoms in total. The molecule has 96 valence electrons. The molecule has 0 fully saturated rings. The van der Waals surface area contributed by atoms with Crippen molar-refractivity contribution in [1.29, 1.82) is 0 Å². The minimum absolute atomic E-state index is 0.00848. The average Bonchev–Trinajstić information content (AvgIpc) is 2.29. The molecule has 0 aromatic heterocycles. The molecule has 1 aromatic carbocycles. The molecule has 0 aliphatic heterocycles. The number of nitrogens with two attached hydrogens (primary N) is 1. The lowest BCUT2D eigenvalue weighted by Crippen LogP contribution is -2.15. The van der Waals surface area contributed by atoms with Gasteiger partial charge in [0.05, 0.1) is 12.7 Å². The second-order valence-electron chi connectivity index (χ2n) is 4.32. The van der Waals surface area contributed by atoms with Crippen LogP contribution in [0.2, 0.25) is 0 Å². The van der Waals surface area contributed by atoms with Crippen molar-refractivity contribution in [3.63, 3.8) is 0 Å². The van der Waals surface area contributed by atoms with Gasteiger partial charge >= 0.3 is 0 Å². The van der Waals surface area contributed by atoms with Crippen LogP contribution < -0.4 is 10.5 Å². The molecule has 0 bridgehead atoms. The Hall–Kier alpha value is -1.06. The lowest BCUT2D eigenvalue weighted by Gasteiger charge is -2.14. The van der Waals surface area contributed by atoms with Gasteiger partial charge in [0.15, 0.2) is 0 Å². The van der Waals surface area contributed by atoms with E-state index in [1.807, 2.05) is 45.0 Å². The van der Waals surface area contributed by atoms with Gasteiger partial charge in [-0.1, -0.05) is 12.1 Å². The smallest absolute Gasteiger partial charge is 0.119 e. The summed E-state index contributed by atoms with van der Waals surface area (Å²) in [5, 5.41) is 0. The van der Waals surface area contributed by atoms with Crippen LogP contribution in [-0.2, 0) is 4.74 Å². The van der Waals surface area contributed by atoms with Gasteiger partial charge in [-0.15, -0.1) is 0 Å². The Labute approximate surface area is 104 Å². The molecule has 0 spiro atoms. The number of rotatable bonds is 7. The maximum atomic E-state index is 6.11. The highest BCUT2D eigenvalue weighted by atomic mass is 16.5. The molecular weight excluding hydrogens is 214 g/mol. The Morgan fingerprint density at radius 1 is 1.29 bits per heavy atom. The third-order valence-corrected chi connectivity index (χ3v) is 2.48. The van der Waals surface area contributed by atoms with Gasteiger partial charge < -0.3 is 15.2 Å². The molecule has 0 radical (unpaired) electrons. The van der Waals surface area contributed by atoms with E-state index in [-0.39, 0.29) is 12.1 Å². The summed E-state index contributed by atoms with van der Waals surface area (Å²) in [5.74, 6) is 0.880. The predicted molar refractivity (Wildman–Crippen MR) is 70.2 cm³/mol. The zero-order valence-corrected chi connectivity index (χ0v) is 11.0. The molecule has 0 saturated carbocycles. The van der Waals surface area contributed by atoms with Gasteiger partial charge in [0.25, 0.3) is 0 Å². The van der Waals surface area contributed by atoms with Crippen molar-refractivity contribution in [2.45, 2.75) is 39.3 Å². The fourth-order valence-electron chi connectivity index (χ4n) is 1.60. The first-order valence-electron chi connectivity index (χ1n) is 6.23. The van der Waals surface area contributed by atoms with Gasteiger partial charge in [0.2, 0.25) is 0 Å². The maximum absolute atomic E-state index is 6.11. The summed E-state index contributed by atoms with van der Waals surface area (Å²) in [6.45, 7) is 7.40. The monoisotopic (exact) mass is 237 g/mol. The van der Waals surface area contributed by atoms with Crippen molar-refractivity contribution >= 4 is 0 Å². The first kappa shape index (κ1) is 14.0. The third kappa shape index (κ3) is 5.20. The van der Waals surface area contributed by atoms with Crippen LogP contribution in [0.3, 0.4) is 0 Å². The molecule has 0 saturated heterocycles. The van der Waals surface area contributed by atoms with Crippen molar-refractivity contribution in [1.82, 2.24) is 0 Å². The first-order chi connectivity index (χ1) is 8.13. The van der Waals surface area contributed by atoms with E-state index in [0.29, 0.717) is 13.2 Å². The Bertz CT molecular complexity index is 326. The van der Waals surface area contributed by atoms with Crippen molar-refractivity contribution in [2.75, 3.05) is 13.2 Å². The quantitative estimate of drug-likeness (QED) is 0.793. The molecule has 2 N–H and O–H groups in total. The maximum Gasteiger partial charge on any atom is 0.119 e. The van der Waals surface area contributed by atoms with Crippen molar-refractivity contribution in [2.24, 2.45) is 5.73 Å². The number of hydrogen-bond donors (Lipinski definition) is 1. The van der Waals surface area contributed by atoms with E-state index in [2.05, 4.69) is 0 Å². The van der Waals surface area contributed by atoms with E-state index in [1.54, 1.807) is 0 Å². The molecule has 0 aliphatic carbocycles. The van der Waals surface area contributed by atoms with Crippen LogP contribution in [0, 0.1) is 0 Å². The third-order valence-electron chi connectivity index (χ3n) is 2.48. The van der Waals surface area contributed by atoms with E-state index >= 15 is 0 Å². The van der Waals surface area contributed by atoms with Crippen molar-refractivity contribution in [3.8, 4) is 5.75 Å². The normalized spacial score (nSPS) is 12.8. The summed E-state index contributed by atoms with van der Waals surface area (Å²) in [6, 6.07) is 7.97. The second kappa shape index (κ2) is 7.30. The summed E-state index contributed by atoms with van der Waals surface area (Å²) >= 11 is 0. The topological polar surface area (TPSA) is 44.5 Å². The Morgan fingerprint density at radius 2 is 2.06 bits per heavy atom. The first-order valence-corrected chi connectivity index (χ1v) is 6.23. The number of hydrogen-bond acceptors (Lipinski definition) is 3. The van der Waals surface area contributed by atoms with E-state index < -0.39 is 0 Å². The van der Waals surface area contributed by atoms with Gasteiger partial charge in [-0.3, -0.25) is 0 Å². The lowest BCUT2D eigenvalue weighted by atomic mass is 10.1. The summed E-state index contributed by atoms with van der Waals surface area (Å²) in [5.41, 5.74) is 7.21. The highest BCUT2D eigenvalue weighted by molar-refractivity contribution is 5.30. The van der Waals surface area contributed by atoms with Crippen LogP contribution in [0.4, 0.5) is 0 Å². The van der Waals surface area contributed by atoms with Gasteiger partial charge in [-0.25, -0.2) is 0 Å². The van der Waals surface area contributed by atoms with E-state index in [4.69, 9.17) is 15.2 Å². The molecule has 17 heavy (non-hydrogen) atoms. The second-order valence-corrected chi connectivity index (χ2v) is 4.32. The molecular formula is C14H23NO2. The van der Waals surface area contributed by atoms with Crippen LogP contribution in [-0.4, -0.2) is 19.3 Å². The van der Waals surface area contributed by atoms with Crippen LogP contribution in [0.1, 0.15) is 38.8 Å². The standard InChI is InChI=1S/C14H23NO2/c1-4-16-13-7-5-6-12(10-13)14(15)8-9-17-11(2)3/h5-7,10-11,14H,4,8-9,15H2,1-3H3. The van der Waals surface area contributed by atoms with Crippen molar-refractivity contribution < 1.29 is 9.47 Å². The molecule has 1 rings (SSSR count). The Morgan fingerprint density at radius 3 is 2.71 bits per heavy atom. The molecule has 0 aliphatic rings. The highest BCUT2D eigenvalue weighted by Crippen LogP contribution is 2.20. The summed E-state index contributed by atoms with van der Waals surface area (Å²) < 4.78 is 11.0. The lowest BCUT2D eigenvalue weighted by molar-refractivity contribution is 0.0736. The van der Waals surface area contributed by atoms with Gasteiger partial charge in [0, 0.05) is 12.6 Å². The Balaban J connectivity index is 2.50. The summed E-state index contributed by atoms with van der Waals surface area (Å²) in [4.78, 5) is 0. The summed E-state index contributed by atoms with van der Waals surface area (Å²) in [6.07, 6.45) is 1.09. The molecule has 0 amide bonds. The zero-order chi connectivity index (χ0) is 12.7. The SMILES string of the molecule is CCOc1cccc(C(N)CCOC(C)C)c1. The highest BCUT2D eigenvalue weighted by Gasteiger charge is 2.07. The van der Waals surface area contributed by atoms with Crippen LogP contribution >= 0.6 is 0 Å². The van der Waals surface area contributed by atoms with Gasteiger partial charge in [-0.2, -0.15) is 0 Å². The average molecular weight is 237 g/mol. The molecule has 1 atom stereocenters. The van der Waals surface area contributed by atoms with Crippen LogP contribution in [0.5, 0.6) is 5.75 Å². The van der Waals surface area contributed by atoms with Crippen LogP contribution in [0.25, 0.3) is 0 Å². The zero-order valence-electron chi connectivity index (χ0n) is 11.0. The molecule has 1 aromatic rings. The Kier molecular flexibility index (Phi) is 6.01. The van der Waals surface area contributed by atoms with Crippen molar-refractivity contribution in [3.05, 3.63) is 29.8 Å². The predicted octanol–water partition coefficient (Wildman–Crippen LogP) is 2.90. The number of benzene rings is 1. The van der Waals surface area contributed by atoms with Crippen LogP contribution in [0.15, 0.2) is 24.3 Å². The van der Waals surface area contributed by atoms with E-state index in [1.165, 1.54) is 0 Å². The summed E-state index contributed by atoms with van der Waals surface area (Å²) in [7, 11) is 0. The fourth-order valence-corrected chi connectivity index (χ4v) is 1.60. The largest absolute Gasteiger partial charge is 0.494 e. The molecule has 3 heteroatoms. The molecule has 0 heterocycles. The van der Waals surface area contributed by atoms with E-state index in [0.717, 1.165) is 17.7 Å². The van der Waals surface area contributed by atoms with Gasteiger partial charge in [0.1, 0.15) is 5.75 Å². The molecule has 1 unspecified atom stereocenters. The number of ether oxygens (including phenoxy) is 2. The minimum atomic E-state index is 0.00848. The van der Waals surface area contributed by atoms with E-state index in [9.17, 15) is 0 Å².